The molecule has 0 saturated carbocycles. The first kappa shape index (κ1) is 15.3. The van der Waals surface area contributed by atoms with E-state index in [4.69, 9.17) is 4.74 Å². The van der Waals surface area contributed by atoms with Crippen molar-refractivity contribution in [2.75, 3.05) is 20.2 Å². The fourth-order valence-corrected chi connectivity index (χ4v) is 2.64. The van der Waals surface area contributed by atoms with Gasteiger partial charge in [0.1, 0.15) is 17.9 Å². The second-order valence-electron chi connectivity index (χ2n) is 5.83. The predicted molar refractivity (Wildman–Crippen MR) is 85.0 cm³/mol. The van der Waals surface area contributed by atoms with Crippen LogP contribution in [0.25, 0.3) is 0 Å². The molecule has 2 aromatic rings. The Hall–Kier alpha value is -2.57. The van der Waals surface area contributed by atoms with Crippen molar-refractivity contribution in [3.05, 3.63) is 42.0 Å². The van der Waals surface area contributed by atoms with Gasteiger partial charge in [-0.05, 0) is 18.1 Å². The third-order valence-corrected chi connectivity index (χ3v) is 4.03. The van der Waals surface area contributed by atoms with Crippen LogP contribution in [0.15, 0.2) is 30.6 Å². The Kier molecular flexibility index (Phi) is 4.45. The molecular weight excluding hydrogens is 294 g/mol. The maximum Gasteiger partial charge on any atom is 0.317 e. The van der Waals surface area contributed by atoms with E-state index in [1.54, 1.807) is 16.6 Å². The molecule has 122 valence electrons. The number of urea groups is 1. The number of nitrogens with one attached hydrogen (secondary N) is 1. The molecule has 1 unspecified atom stereocenters. The van der Waals surface area contributed by atoms with E-state index in [0.29, 0.717) is 19.7 Å². The largest absolute Gasteiger partial charge is 0.493 e. The number of amides is 2. The minimum Gasteiger partial charge on any atom is -0.493 e. The average Bonchev–Trinajstić information content (AvgIpc) is 2.97. The smallest absolute Gasteiger partial charge is 0.317 e. The van der Waals surface area contributed by atoms with Gasteiger partial charge in [-0.3, -0.25) is 4.68 Å². The quantitative estimate of drug-likeness (QED) is 0.920. The number of carbonyl (C=O) groups is 1. The van der Waals surface area contributed by atoms with Crippen molar-refractivity contribution in [2.24, 2.45) is 13.0 Å². The maximum atomic E-state index is 12.2. The second kappa shape index (κ2) is 6.68. The highest BCUT2D eigenvalue weighted by Gasteiger charge is 2.21. The van der Waals surface area contributed by atoms with Gasteiger partial charge in [0.05, 0.1) is 13.2 Å². The van der Waals surface area contributed by atoms with E-state index < -0.39 is 0 Å². The second-order valence-corrected chi connectivity index (χ2v) is 5.83. The summed E-state index contributed by atoms with van der Waals surface area (Å²) in [6, 6.07) is 7.93. The molecule has 23 heavy (non-hydrogen) atoms. The topological polar surface area (TPSA) is 72.3 Å². The molecule has 2 heterocycles. The van der Waals surface area contributed by atoms with Crippen molar-refractivity contribution < 1.29 is 9.53 Å². The van der Waals surface area contributed by atoms with Crippen LogP contribution in [0.5, 0.6) is 5.75 Å². The van der Waals surface area contributed by atoms with Crippen molar-refractivity contribution in [1.82, 2.24) is 25.0 Å². The number of ether oxygens (including phenoxy) is 1. The van der Waals surface area contributed by atoms with E-state index in [9.17, 15) is 4.79 Å². The standard InChI is InChI=1S/C16H21N5O2/c1-20(9-15-18-11-19-21(15)2)16(22)17-8-12-7-13-5-3-4-6-14(13)23-10-12/h3-6,11-12H,7-10H2,1-2H3,(H,17,22). The van der Waals surface area contributed by atoms with E-state index in [0.717, 1.165) is 18.0 Å². The molecule has 3 rings (SSSR count). The van der Waals surface area contributed by atoms with E-state index in [2.05, 4.69) is 21.5 Å². The van der Waals surface area contributed by atoms with Gasteiger partial charge in [0.25, 0.3) is 0 Å². The SMILES string of the molecule is CN(Cc1ncnn1C)C(=O)NCC1COc2ccccc2C1. The summed E-state index contributed by atoms with van der Waals surface area (Å²) >= 11 is 0. The molecule has 0 aliphatic carbocycles. The van der Waals surface area contributed by atoms with Crippen LogP contribution in [0.1, 0.15) is 11.4 Å². The zero-order valence-corrected chi connectivity index (χ0v) is 13.4. The number of benzene rings is 1. The monoisotopic (exact) mass is 315 g/mol. The summed E-state index contributed by atoms with van der Waals surface area (Å²) in [6.07, 6.45) is 2.40. The van der Waals surface area contributed by atoms with Crippen molar-refractivity contribution in [3.8, 4) is 5.75 Å². The van der Waals surface area contributed by atoms with Crippen LogP contribution in [0.4, 0.5) is 4.79 Å². The number of hydrogen-bond acceptors (Lipinski definition) is 4. The summed E-state index contributed by atoms with van der Waals surface area (Å²) in [5.41, 5.74) is 1.20. The molecule has 0 radical (unpaired) electrons. The number of fused-ring (bicyclic) bond motifs is 1. The third kappa shape index (κ3) is 3.61. The van der Waals surface area contributed by atoms with Crippen molar-refractivity contribution in [3.63, 3.8) is 0 Å². The van der Waals surface area contributed by atoms with Crippen molar-refractivity contribution >= 4 is 6.03 Å². The number of carbonyl (C=O) groups excluding carboxylic acids is 1. The molecule has 1 aliphatic rings. The molecule has 1 aliphatic heterocycles. The molecule has 2 amide bonds. The van der Waals surface area contributed by atoms with Gasteiger partial charge >= 0.3 is 6.03 Å². The molecule has 7 nitrogen and oxygen atoms in total. The van der Waals surface area contributed by atoms with E-state index in [-0.39, 0.29) is 11.9 Å². The first-order valence-electron chi connectivity index (χ1n) is 7.66. The van der Waals surface area contributed by atoms with Crippen LogP contribution >= 0.6 is 0 Å². The van der Waals surface area contributed by atoms with Crippen LogP contribution in [0.3, 0.4) is 0 Å². The molecule has 1 N–H and O–H groups in total. The lowest BCUT2D eigenvalue weighted by Crippen LogP contribution is -2.41. The molecule has 0 fully saturated rings. The van der Waals surface area contributed by atoms with Crippen LogP contribution in [0.2, 0.25) is 0 Å². The van der Waals surface area contributed by atoms with Gasteiger partial charge in [0.2, 0.25) is 0 Å². The molecule has 1 aromatic carbocycles. The summed E-state index contributed by atoms with van der Waals surface area (Å²) in [5.74, 6) is 1.99. The van der Waals surface area contributed by atoms with Crippen molar-refractivity contribution in [1.29, 1.82) is 0 Å². The summed E-state index contributed by atoms with van der Waals surface area (Å²) in [6.45, 7) is 1.65. The fourth-order valence-electron chi connectivity index (χ4n) is 2.64. The Labute approximate surface area is 135 Å². The Morgan fingerprint density at radius 1 is 1.48 bits per heavy atom. The van der Waals surface area contributed by atoms with Crippen LogP contribution in [0, 0.1) is 5.92 Å². The summed E-state index contributed by atoms with van der Waals surface area (Å²) < 4.78 is 7.41. The number of para-hydroxylation sites is 1. The zero-order valence-electron chi connectivity index (χ0n) is 13.4. The molecule has 0 spiro atoms. The molecule has 7 heteroatoms. The molecule has 0 saturated heterocycles. The number of hydrogen-bond donors (Lipinski definition) is 1. The van der Waals surface area contributed by atoms with E-state index >= 15 is 0 Å². The number of aryl methyl sites for hydroxylation is 1. The van der Waals surface area contributed by atoms with E-state index in [1.807, 2.05) is 25.2 Å². The highest BCUT2D eigenvalue weighted by molar-refractivity contribution is 5.73. The molecule has 1 atom stereocenters. The van der Waals surface area contributed by atoms with Gasteiger partial charge in [-0.15, -0.1) is 0 Å². The third-order valence-electron chi connectivity index (χ3n) is 4.03. The van der Waals surface area contributed by atoms with Crippen molar-refractivity contribution in [2.45, 2.75) is 13.0 Å². The normalized spacial score (nSPS) is 16.3. The van der Waals surface area contributed by atoms with E-state index in [1.165, 1.54) is 11.9 Å². The van der Waals surface area contributed by atoms with Gasteiger partial charge in [0.15, 0.2) is 0 Å². The lowest BCUT2D eigenvalue weighted by atomic mass is 9.97. The molecule has 0 bridgehead atoms. The highest BCUT2D eigenvalue weighted by atomic mass is 16.5. The lowest BCUT2D eigenvalue weighted by molar-refractivity contribution is 0.191. The number of rotatable bonds is 4. The Morgan fingerprint density at radius 3 is 3.09 bits per heavy atom. The molecular formula is C16H21N5O2. The number of nitrogens with zero attached hydrogens (tertiary/aromatic N) is 4. The Bertz CT molecular complexity index is 685. The summed E-state index contributed by atoms with van der Waals surface area (Å²) in [4.78, 5) is 17.9. The van der Waals surface area contributed by atoms with Gasteiger partial charge < -0.3 is 15.0 Å². The first-order valence-corrected chi connectivity index (χ1v) is 7.66. The van der Waals surface area contributed by atoms with Crippen LogP contribution in [-0.2, 0) is 20.0 Å². The predicted octanol–water partition coefficient (Wildman–Crippen LogP) is 1.21. The molecule has 1 aromatic heterocycles. The maximum absolute atomic E-state index is 12.2. The number of aromatic nitrogens is 3. The van der Waals surface area contributed by atoms with Gasteiger partial charge in [-0.2, -0.15) is 5.10 Å². The average molecular weight is 315 g/mol. The van der Waals surface area contributed by atoms with Gasteiger partial charge in [-0.25, -0.2) is 9.78 Å². The minimum atomic E-state index is -0.119. The lowest BCUT2D eigenvalue weighted by Gasteiger charge is -2.26. The summed E-state index contributed by atoms with van der Waals surface area (Å²) in [7, 11) is 3.56. The summed E-state index contributed by atoms with van der Waals surface area (Å²) in [5, 5.41) is 6.96. The minimum absolute atomic E-state index is 0.119. The Balaban J connectivity index is 1.49. The Morgan fingerprint density at radius 2 is 2.30 bits per heavy atom. The van der Waals surface area contributed by atoms with Crippen LogP contribution < -0.4 is 10.1 Å². The van der Waals surface area contributed by atoms with Crippen LogP contribution in [-0.4, -0.2) is 45.9 Å². The zero-order chi connectivity index (χ0) is 16.2. The fraction of sp³-hybridized carbons (Fsp3) is 0.438. The van der Waals surface area contributed by atoms with Gasteiger partial charge in [0, 0.05) is 26.6 Å². The van der Waals surface area contributed by atoms with Gasteiger partial charge in [-0.1, -0.05) is 18.2 Å². The highest BCUT2D eigenvalue weighted by Crippen LogP contribution is 2.26. The first-order chi connectivity index (χ1) is 11.1.